The van der Waals surface area contributed by atoms with Gasteiger partial charge in [0.2, 0.25) is 0 Å². The molecule has 2 rings (SSSR count). The van der Waals surface area contributed by atoms with E-state index in [2.05, 4.69) is 11.9 Å². The third kappa shape index (κ3) is 2.24. The molecule has 80 valence electrons. The highest BCUT2D eigenvalue weighted by Crippen LogP contribution is 2.33. The number of nitrogens with two attached hydrogens (primary N) is 1. The fraction of sp³-hybridized carbons (Fsp3) is 0.364. The Morgan fingerprint density at radius 3 is 2.73 bits per heavy atom. The van der Waals surface area contributed by atoms with Crippen LogP contribution in [0.5, 0.6) is 0 Å². The van der Waals surface area contributed by atoms with Crippen LogP contribution in [-0.2, 0) is 0 Å². The first-order valence-electron chi connectivity index (χ1n) is 4.92. The van der Waals surface area contributed by atoms with Gasteiger partial charge >= 0.3 is 0 Å². The van der Waals surface area contributed by atoms with Gasteiger partial charge in [0.25, 0.3) is 0 Å². The van der Waals surface area contributed by atoms with E-state index in [4.69, 9.17) is 29.6 Å². The van der Waals surface area contributed by atoms with Crippen LogP contribution >= 0.6 is 23.8 Å². The van der Waals surface area contributed by atoms with Crippen molar-refractivity contribution in [1.82, 2.24) is 0 Å². The zero-order valence-electron chi connectivity index (χ0n) is 8.53. The molecule has 0 saturated heterocycles. The quantitative estimate of drug-likeness (QED) is 0.824. The van der Waals surface area contributed by atoms with Gasteiger partial charge in [-0.05, 0) is 31.0 Å². The summed E-state index contributed by atoms with van der Waals surface area (Å²) in [6.07, 6.45) is 2.47. The molecule has 1 aliphatic rings. The number of nitrogens with zero attached hydrogens (tertiary/aromatic N) is 1. The molecule has 4 heteroatoms. The van der Waals surface area contributed by atoms with Crippen molar-refractivity contribution in [2.45, 2.75) is 18.9 Å². The van der Waals surface area contributed by atoms with Gasteiger partial charge in [0.15, 0.2) is 0 Å². The van der Waals surface area contributed by atoms with E-state index in [0.29, 0.717) is 11.0 Å². The maximum atomic E-state index is 5.98. The summed E-state index contributed by atoms with van der Waals surface area (Å²) in [6, 6.07) is 6.25. The summed E-state index contributed by atoms with van der Waals surface area (Å²) in [5.74, 6) is 0. The second-order valence-electron chi connectivity index (χ2n) is 3.87. The first kappa shape index (κ1) is 10.7. The maximum absolute atomic E-state index is 5.98. The highest BCUT2D eigenvalue weighted by Gasteiger charge is 2.28. The summed E-state index contributed by atoms with van der Waals surface area (Å²) in [4.78, 5) is 2.63. The highest BCUT2D eigenvalue weighted by atomic mass is 35.5. The van der Waals surface area contributed by atoms with Gasteiger partial charge in [0.05, 0.1) is 0 Å². The largest absolute Gasteiger partial charge is 0.389 e. The Kier molecular flexibility index (Phi) is 2.85. The normalized spacial score (nSPS) is 15.1. The average Bonchev–Trinajstić information content (AvgIpc) is 2.99. The van der Waals surface area contributed by atoms with Crippen LogP contribution in [0.25, 0.3) is 0 Å². The summed E-state index contributed by atoms with van der Waals surface area (Å²) in [6.45, 7) is 0. The van der Waals surface area contributed by atoms with E-state index in [1.807, 2.05) is 18.2 Å². The van der Waals surface area contributed by atoms with E-state index in [0.717, 1.165) is 16.3 Å². The molecule has 0 aromatic heterocycles. The lowest BCUT2D eigenvalue weighted by molar-refractivity contribution is 0.916. The van der Waals surface area contributed by atoms with Crippen molar-refractivity contribution in [2.24, 2.45) is 5.73 Å². The lowest BCUT2D eigenvalue weighted by atomic mass is 10.1. The minimum absolute atomic E-state index is 0.425. The van der Waals surface area contributed by atoms with E-state index in [-0.39, 0.29) is 0 Å². The minimum Gasteiger partial charge on any atom is -0.389 e. The molecule has 0 atom stereocenters. The van der Waals surface area contributed by atoms with Gasteiger partial charge in [-0.15, -0.1) is 0 Å². The summed E-state index contributed by atoms with van der Waals surface area (Å²) >= 11 is 11.0. The van der Waals surface area contributed by atoms with Crippen LogP contribution < -0.4 is 10.6 Å². The van der Waals surface area contributed by atoms with E-state index in [1.165, 1.54) is 12.8 Å². The van der Waals surface area contributed by atoms with Crippen LogP contribution in [0.2, 0.25) is 5.02 Å². The van der Waals surface area contributed by atoms with Gasteiger partial charge in [0, 0.05) is 29.4 Å². The fourth-order valence-electron chi connectivity index (χ4n) is 1.66. The predicted octanol–water partition coefficient (Wildman–Crippen LogP) is 2.57. The fourth-order valence-corrected chi connectivity index (χ4v) is 2.00. The molecule has 0 bridgehead atoms. The summed E-state index contributed by atoms with van der Waals surface area (Å²) in [5.41, 5.74) is 7.63. The standard InChI is InChI=1S/C11H13ClN2S/c1-14(8-3-4-8)10-6-7(12)2-5-9(10)11(13)15/h2,5-6,8H,3-4H2,1H3,(H2,13,15). The van der Waals surface area contributed by atoms with Crippen molar-refractivity contribution in [2.75, 3.05) is 11.9 Å². The second kappa shape index (κ2) is 3.99. The Bertz CT molecular complexity index is 402. The summed E-state index contributed by atoms with van der Waals surface area (Å²) in [7, 11) is 2.06. The average molecular weight is 241 g/mol. The van der Waals surface area contributed by atoms with Crippen molar-refractivity contribution in [3.63, 3.8) is 0 Å². The predicted molar refractivity (Wildman–Crippen MR) is 68.8 cm³/mol. The molecule has 1 aromatic rings. The van der Waals surface area contributed by atoms with Crippen molar-refractivity contribution < 1.29 is 0 Å². The van der Waals surface area contributed by atoms with Gasteiger partial charge in [-0.1, -0.05) is 23.8 Å². The zero-order valence-corrected chi connectivity index (χ0v) is 10.1. The number of hydrogen-bond donors (Lipinski definition) is 1. The molecule has 0 heterocycles. The number of anilines is 1. The van der Waals surface area contributed by atoms with Crippen LogP contribution in [0, 0.1) is 0 Å². The number of rotatable bonds is 3. The van der Waals surface area contributed by atoms with E-state index < -0.39 is 0 Å². The summed E-state index contributed by atoms with van der Waals surface area (Å²) in [5, 5.41) is 0.720. The van der Waals surface area contributed by atoms with Crippen LogP contribution in [0.15, 0.2) is 18.2 Å². The molecule has 0 aliphatic heterocycles. The maximum Gasteiger partial charge on any atom is 0.106 e. The molecule has 2 nitrogen and oxygen atoms in total. The molecule has 1 saturated carbocycles. The minimum atomic E-state index is 0.425. The zero-order chi connectivity index (χ0) is 11.0. The molecule has 0 radical (unpaired) electrons. The Hall–Kier alpha value is -0.800. The van der Waals surface area contributed by atoms with Crippen LogP contribution in [0.3, 0.4) is 0 Å². The number of hydrogen-bond acceptors (Lipinski definition) is 2. The van der Waals surface area contributed by atoms with Gasteiger partial charge in [0.1, 0.15) is 4.99 Å². The van der Waals surface area contributed by atoms with Gasteiger partial charge in [-0.25, -0.2) is 0 Å². The van der Waals surface area contributed by atoms with E-state index in [9.17, 15) is 0 Å². The Balaban J connectivity index is 2.41. The van der Waals surface area contributed by atoms with Gasteiger partial charge in [-0.3, -0.25) is 0 Å². The monoisotopic (exact) mass is 240 g/mol. The van der Waals surface area contributed by atoms with Gasteiger partial charge < -0.3 is 10.6 Å². The molecular weight excluding hydrogens is 228 g/mol. The van der Waals surface area contributed by atoms with Crippen molar-refractivity contribution in [1.29, 1.82) is 0 Å². The van der Waals surface area contributed by atoms with Crippen molar-refractivity contribution >= 4 is 34.5 Å². The van der Waals surface area contributed by atoms with Crippen LogP contribution in [-0.4, -0.2) is 18.1 Å². The number of thiocarbonyl (C=S) groups is 1. The highest BCUT2D eigenvalue weighted by molar-refractivity contribution is 7.80. The third-order valence-electron chi connectivity index (χ3n) is 2.70. The Labute approximate surface area is 100 Å². The molecule has 1 fully saturated rings. The smallest absolute Gasteiger partial charge is 0.106 e. The summed E-state index contributed by atoms with van der Waals surface area (Å²) < 4.78 is 0. The Morgan fingerprint density at radius 1 is 1.53 bits per heavy atom. The lowest BCUT2D eigenvalue weighted by Crippen LogP contribution is -2.23. The molecule has 1 aromatic carbocycles. The molecule has 2 N–H and O–H groups in total. The molecular formula is C11H13ClN2S. The topological polar surface area (TPSA) is 29.3 Å². The number of halogens is 1. The molecule has 0 unspecified atom stereocenters. The van der Waals surface area contributed by atoms with Gasteiger partial charge in [-0.2, -0.15) is 0 Å². The van der Waals surface area contributed by atoms with Crippen LogP contribution in [0.1, 0.15) is 18.4 Å². The van der Waals surface area contributed by atoms with Crippen molar-refractivity contribution in [3.8, 4) is 0 Å². The first-order chi connectivity index (χ1) is 7.09. The molecule has 0 amide bonds. The SMILES string of the molecule is CN(c1cc(Cl)ccc1C(N)=S)C1CC1. The molecule has 15 heavy (non-hydrogen) atoms. The molecule has 0 spiro atoms. The van der Waals surface area contributed by atoms with E-state index >= 15 is 0 Å². The lowest BCUT2D eigenvalue weighted by Gasteiger charge is -2.22. The first-order valence-corrected chi connectivity index (χ1v) is 5.70. The van der Waals surface area contributed by atoms with E-state index in [1.54, 1.807) is 0 Å². The molecule has 1 aliphatic carbocycles. The second-order valence-corrected chi connectivity index (χ2v) is 4.74. The number of benzene rings is 1. The van der Waals surface area contributed by atoms with Crippen LogP contribution in [0.4, 0.5) is 5.69 Å². The Morgan fingerprint density at radius 2 is 2.20 bits per heavy atom. The third-order valence-corrected chi connectivity index (χ3v) is 3.15. The van der Waals surface area contributed by atoms with Crippen molar-refractivity contribution in [3.05, 3.63) is 28.8 Å².